The summed E-state index contributed by atoms with van der Waals surface area (Å²) in [5.41, 5.74) is 6.97. The Labute approximate surface area is 206 Å². The molecule has 1 saturated carbocycles. The Bertz CT molecular complexity index is 1340. The first-order valence-corrected chi connectivity index (χ1v) is 12.4. The third kappa shape index (κ3) is 5.02. The summed E-state index contributed by atoms with van der Waals surface area (Å²) in [5.74, 6) is 0.650. The maximum atomic E-state index is 12.7. The van der Waals surface area contributed by atoms with Gasteiger partial charge >= 0.3 is 0 Å². The molecule has 4 heteroatoms. The second kappa shape index (κ2) is 10.2. The maximum absolute atomic E-state index is 12.7. The maximum Gasteiger partial charge on any atom is 0.244 e. The van der Waals surface area contributed by atoms with Crippen LogP contribution in [0, 0.1) is 0 Å². The Balaban J connectivity index is 1.45. The number of carbonyl (C=O) groups is 1. The monoisotopic (exact) mass is 465 g/mol. The van der Waals surface area contributed by atoms with Gasteiger partial charge in [-0.25, -0.2) is 0 Å². The largest absolute Gasteiger partial charge is 0.496 e. The van der Waals surface area contributed by atoms with Crippen LogP contribution in [0.3, 0.4) is 0 Å². The Morgan fingerprint density at radius 1 is 0.943 bits per heavy atom. The molecule has 0 spiro atoms. The van der Waals surface area contributed by atoms with E-state index >= 15 is 0 Å². The van der Waals surface area contributed by atoms with Crippen molar-refractivity contribution >= 4 is 22.4 Å². The van der Waals surface area contributed by atoms with Crippen molar-refractivity contribution in [3.8, 4) is 28.0 Å². The van der Waals surface area contributed by atoms with Crippen molar-refractivity contribution in [3.63, 3.8) is 0 Å². The Hall–Kier alpha value is -3.79. The summed E-state index contributed by atoms with van der Waals surface area (Å²) in [6.07, 6.45) is 9.25. The topological polar surface area (TPSA) is 51.5 Å². The summed E-state index contributed by atoms with van der Waals surface area (Å²) < 4.78 is 11.6. The second-order valence-corrected chi connectivity index (χ2v) is 9.31. The average molecular weight is 466 g/mol. The molecule has 0 aliphatic heterocycles. The van der Waals surface area contributed by atoms with Crippen molar-refractivity contribution in [3.05, 3.63) is 84.6 Å². The smallest absolute Gasteiger partial charge is 0.244 e. The summed E-state index contributed by atoms with van der Waals surface area (Å²) in [5, 5.41) is 4.16. The van der Waals surface area contributed by atoms with Gasteiger partial charge in [0.2, 0.25) is 5.91 Å². The van der Waals surface area contributed by atoms with Crippen LogP contribution in [0.1, 0.15) is 44.6 Å². The summed E-state index contributed by atoms with van der Waals surface area (Å²) in [6, 6.07) is 23.1. The predicted octanol–water partition coefficient (Wildman–Crippen LogP) is 7.63. The van der Waals surface area contributed by atoms with E-state index in [1.807, 2.05) is 31.2 Å². The molecular weight excluding hydrogens is 434 g/mol. The normalized spacial score (nSPS) is 14.7. The lowest BCUT2D eigenvalue weighted by molar-refractivity contribution is -0.117. The van der Waals surface area contributed by atoms with Crippen LogP contribution in [-0.4, -0.2) is 19.1 Å². The number of amides is 1. The van der Waals surface area contributed by atoms with Crippen LogP contribution in [0.4, 0.5) is 0 Å². The minimum absolute atomic E-state index is 0.0412. The first-order chi connectivity index (χ1) is 17.1. The quantitative estimate of drug-likeness (QED) is 0.298. The van der Waals surface area contributed by atoms with Gasteiger partial charge in [-0.1, -0.05) is 73.9 Å². The molecular formula is C31H31NO3. The molecule has 178 valence electrons. The molecule has 1 aromatic heterocycles. The zero-order valence-corrected chi connectivity index (χ0v) is 20.3. The lowest BCUT2D eigenvalue weighted by Crippen LogP contribution is -2.35. The summed E-state index contributed by atoms with van der Waals surface area (Å²) >= 11 is 0. The molecule has 0 atom stereocenters. The van der Waals surface area contributed by atoms with E-state index in [-0.39, 0.29) is 11.9 Å². The zero-order chi connectivity index (χ0) is 24.2. The van der Waals surface area contributed by atoms with E-state index in [1.165, 1.54) is 30.4 Å². The number of ether oxygens (including phenoxy) is 1. The van der Waals surface area contributed by atoms with E-state index in [2.05, 4.69) is 47.8 Å². The molecule has 0 unspecified atom stereocenters. The van der Waals surface area contributed by atoms with Crippen LogP contribution in [0.15, 0.2) is 83.5 Å². The van der Waals surface area contributed by atoms with Gasteiger partial charge in [0, 0.05) is 34.7 Å². The number of allylic oxidation sites excluding steroid dienone is 1. The van der Waals surface area contributed by atoms with Crippen LogP contribution in [0.5, 0.6) is 5.75 Å². The Kier molecular flexibility index (Phi) is 6.71. The van der Waals surface area contributed by atoms with E-state index in [0.29, 0.717) is 5.75 Å². The van der Waals surface area contributed by atoms with Gasteiger partial charge in [0.25, 0.3) is 0 Å². The van der Waals surface area contributed by atoms with Crippen LogP contribution < -0.4 is 10.1 Å². The van der Waals surface area contributed by atoms with Crippen molar-refractivity contribution in [2.75, 3.05) is 7.11 Å². The number of hydrogen-bond acceptors (Lipinski definition) is 3. The molecule has 1 N–H and O–H groups in total. The number of rotatable bonds is 6. The summed E-state index contributed by atoms with van der Waals surface area (Å²) in [7, 11) is 1.65. The molecule has 5 rings (SSSR count). The molecule has 1 aliphatic rings. The predicted molar refractivity (Wildman–Crippen MR) is 142 cm³/mol. The molecule has 4 nitrogen and oxygen atoms in total. The standard InChI is InChI=1S/C31H31NO3/c1-21(17-31(33)32-25-11-7-4-8-12-25)26-18-27-28(20-35-30(27)19-29(26)34-2)24-15-13-23(14-16-24)22-9-5-3-6-10-22/h3,5-6,9-10,13-20,25H,4,7-8,11-12H2,1-2H3,(H,32,33)/b21-17+. The molecule has 1 fully saturated rings. The van der Waals surface area contributed by atoms with Gasteiger partial charge < -0.3 is 14.5 Å². The Morgan fingerprint density at radius 3 is 2.34 bits per heavy atom. The first-order valence-electron chi connectivity index (χ1n) is 12.4. The minimum Gasteiger partial charge on any atom is -0.496 e. The molecule has 1 heterocycles. The van der Waals surface area contributed by atoms with Gasteiger partial charge in [-0.3, -0.25) is 4.79 Å². The molecule has 1 amide bonds. The van der Waals surface area contributed by atoms with Crippen molar-refractivity contribution in [1.82, 2.24) is 5.32 Å². The van der Waals surface area contributed by atoms with Gasteiger partial charge in [-0.05, 0) is 48.1 Å². The van der Waals surface area contributed by atoms with E-state index in [1.54, 1.807) is 19.4 Å². The number of nitrogens with one attached hydrogen (secondary N) is 1. The molecule has 0 saturated heterocycles. The third-order valence-electron chi connectivity index (χ3n) is 6.92. The zero-order valence-electron chi connectivity index (χ0n) is 20.3. The van der Waals surface area contributed by atoms with Gasteiger partial charge in [0.15, 0.2) is 0 Å². The van der Waals surface area contributed by atoms with Crippen LogP contribution >= 0.6 is 0 Å². The lowest BCUT2D eigenvalue weighted by Gasteiger charge is -2.22. The highest BCUT2D eigenvalue weighted by Crippen LogP contribution is 2.38. The average Bonchev–Trinajstić information content (AvgIpc) is 3.32. The molecule has 0 radical (unpaired) electrons. The molecule has 35 heavy (non-hydrogen) atoms. The molecule has 4 aromatic rings. The number of methoxy groups -OCH3 is 1. The first kappa shape index (κ1) is 23.0. The minimum atomic E-state index is -0.0412. The fourth-order valence-corrected chi connectivity index (χ4v) is 4.99. The summed E-state index contributed by atoms with van der Waals surface area (Å²) in [6.45, 7) is 1.96. The van der Waals surface area contributed by atoms with Crippen LogP contribution in [-0.2, 0) is 4.79 Å². The molecule has 1 aliphatic carbocycles. The fraction of sp³-hybridized carbons (Fsp3) is 0.258. The van der Waals surface area contributed by atoms with E-state index in [0.717, 1.165) is 46.1 Å². The van der Waals surface area contributed by atoms with E-state index in [4.69, 9.17) is 9.15 Å². The molecule has 3 aromatic carbocycles. The Morgan fingerprint density at radius 2 is 1.63 bits per heavy atom. The van der Waals surface area contributed by atoms with Gasteiger partial charge in [0.1, 0.15) is 11.3 Å². The number of furan rings is 1. The highest BCUT2D eigenvalue weighted by atomic mass is 16.5. The third-order valence-corrected chi connectivity index (χ3v) is 6.92. The number of fused-ring (bicyclic) bond motifs is 1. The van der Waals surface area contributed by atoms with Crippen LogP contribution in [0.25, 0.3) is 38.8 Å². The van der Waals surface area contributed by atoms with Crippen molar-refractivity contribution in [1.29, 1.82) is 0 Å². The molecule has 0 bridgehead atoms. The summed E-state index contributed by atoms with van der Waals surface area (Å²) in [4.78, 5) is 12.7. The number of carbonyl (C=O) groups excluding carboxylic acids is 1. The number of benzene rings is 3. The van der Waals surface area contributed by atoms with Crippen LogP contribution in [0.2, 0.25) is 0 Å². The lowest BCUT2D eigenvalue weighted by atomic mass is 9.95. The highest BCUT2D eigenvalue weighted by Gasteiger charge is 2.17. The van der Waals surface area contributed by atoms with Crippen molar-refractivity contribution in [2.45, 2.75) is 45.1 Å². The van der Waals surface area contributed by atoms with Gasteiger partial charge in [-0.15, -0.1) is 0 Å². The van der Waals surface area contributed by atoms with E-state index < -0.39 is 0 Å². The van der Waals surface area contributed by atoms with Gasteiger partial charge in [-0.2, -0.15) is 0 Å². The van der Waals surface area contributed by atoms with Gasteiger partial charge in [0.05, 0.1) is 13.4 Å². The SMILES string of the molecule is COc1cc2occ(-c3ccc(-c4ccccc4)cc3)c2cc1/C(C)=C/C(=O)NC1CCCCC1. The second-order valence-electron chi connectivity index (χ2n) is 9.31. The van der Waals surface area contributed by atoms with Crippen molar-refractivity contribution in [2.24, 2.45) is 0 Å². The fourth-order valence-electron chi connectivity index (χ4n) is 4.99. The van der Waals surface area contributed by atoms with Crippen molar-refractivity contribution < 1.29 is 13.9 Å². The highest BCUT2D eigenvalue weighted by molar-refractivity contribution is 6.00. The van der Waals surface area contributed by atoms with E-state index in [9.17, 15) is 4.79 Å². The number of hydrogen-bond donors (Lipinski definition) is 1.